The van der Waals surface area contributed by atoms with Crippen molar-refractivity contribution in [3.05, 3.63) is 38.3 Å². The van der Waals surface area contributed by atoms with E-state index in [-0.39, 0.29) is 0 Å². The van der Waals surface area contributed by atoms with Gasteiger partial charge >= 0.3 is 0 Å². The van der Waals surface area contributed by atoms with Gasteiger partial charge in [0.25, 0.3) is 0 Å². The van der Waals surface area contributed by atoms with Crippen molar-refractivity contribution in [2.24, 2.45) is 0 Å². The van der Waals surface area contributed by atoms with E-state index in [0.717, 1.165) is 9.35 Å². The summed E-state index contributed by atoms with van der Waals surface area (Å²) in [6.45, 7) is 0.335. The van der Waals surface area contributed by atoms with E-state index in [1.54, 1.807) is 23.5 Å². The molecule has 16 heavy (non-hydrogen) atoms. The van der Waals surface area contributed by atoms with Crippen LogP contribution < -0.4 is 4.72 Å². The van der Waals surface area contributed by atoms with Gasteiger partial charge in [-0.15, -0.1) is 11.3 Å². The van der Waals surface area contributed by atoms with E-state index >= 15 is 0 Å². The standard InChI is InChI=1S/C9H8BrNO2S3/c10-8-1-2-9(15-8)16(12,13)11-5-7-3-4-14-6-7/h1-4,6,11H,5H2. The Bertz CT molecular complexity index is 559. The molecular formula is C9H8BrNO2S3. The molecule has 2 aromatic rings. The fourth-order valence-electron chi connectivity index (χ4n) is 1.08. The van der Waals surface area contributed by atoms with E-state index in [0.29, 0.717) is 10.8 Å². The second-order valence-corrected chi connectivity index (χ2v) is 8.25. The second kappa shape index (κ2) is 4.97. The molecule has 0 aromatic carbocycles. The summed E-state index contributed by atoms with van der Waals surface area (Å²) < 4.78 is 27.3. The summed E-state index contributed by atoms with van der Waals surface area (Å²) in [7, 11) is -3.37. The number of hydrogen-bond donors (Lipinski definition) is 1. The fourth-order valence-corrected chi connectivity index (χ4v) is 4.83. The first-order chi connectivity index (χ1) is 7.58. The Balaban J connectivity index is 2.09. The van der Waals surface area contributed by atoms with Crippen LogP contribution in [-0.4, -0.2) is 8.42 Å². The van der Waals surface area contributed by atoms with Crippen LogP contribution in [0, 0.1) is 0 Å². The van der Waals surface area contributed by atoms with Gasteiger partial charge in [0.2, 0.25) is 10.0 Å². The molecule has 0 aliphatic heterocycles. The summed E-state index contributed by atoms with van der Waals surface area (Å²) >= 11 is 5.99. The molecule has 86 valence electrons. The molecule has 0 radical (unpaired) electrons. The molecule has 0 bridgehead atoms. The lowest BCUT2D eigenvalue weighted by atomic mass is 10.4. The van der Waals surface area contributed by atoms with Crippen LogP contribution in [0.25, 0.3) is 0 Å². The third-order valence-corrected chi connectivity index (χ3v) is 6.11. The molecule has 0 aliphatic rings. The molecule has 7 heteroatoms. The Labute approximate surface area is 110 Å². The van der Waals surface area contributed by atoms with Crippen molar-refractivity contribution in [1.29, 1.82) is 0 Å². The number of halogens is 1. The highest BCUT2D eigenvalue weighted by molar-refractivity contribution is 9.11. The van der Waals surface area contributed by atoms with Gasteiger partial charge in [0.15, 0.2) is 0 Å². The first kappa shape index (κ1) is 12.3. The highest BCUT2D eigenvalue weighted by Gasteiger charge is 2.15. The van der Waals surface area contributed by atoms with Crippen LogP contribution in [0.4, 0.5) is 0 Å². The number of hydrogen-bond acceptors (Lipinski definition) is 4. The summed E-state index contributed by atoms with van der Waals surface area (Å²) in [5.74, 6) is 0. The molecule has 0 saturated carbocycles. The SMILES string of the molecule is O=S(=O)(NCc1ccsc1)c1ccc(Br)s1. The summed E-state index contributed by atoms with van der Waals surface area (Å²) in [5.41, 5.74) is 0.976. The van der Waals surface area contributed by atoms with Crippen molar-refractivity contribution in [2.45, 2.75) is 10.8 Å². The van der Waals surface area contributed by atoms with Crippen LogP contribution in [-0.2, 0) is 16.6 Å². The van der Waals surface area contributed by atoms with Gasteiger partial charge in [-0.1, -0.05) is 0 Å². The molecule has 0 amide bonds. The zero-order valence-corrected chi connectivity index (χ0v) is 12.0. The zero-order valence-electron chi connectivity index (χ0n) is 8.01. The van der Waals surface area contributed by atoms with Gasteiger partial charge in [-0.3, -0.25) is 0 Å². The van der Waals surface area contributed by atoms with Crippen molar-refractivity contribution in [1.82, 2.24) is 4.72 Å². The topological polar surface area (TPSA) is 46.2 Å². The largest absolute Gasteiger partial charge is 0.250 e. The maximum absolute atomic E-state index is 11.8. The molecule has 3 nitrogen and oxygen atoms in total. The van der Waals surface area contributed by atoms with Crippen LogP contribution >= 0.6 is 38.6 Å². The molecule has 2 rings (SSSR count). The van der Waals surface area contributed by atoms with E-state index in [9.17, 15) is 8.42 Å². The molecular weight excluding hydrogens is 330 g/mol. The van der Waals surface area contributed by atoms with Crippen LogP contribution in [0.5, 0.6) is 0 Å². The van der Waals surface area contributed by atoms with Gasteiger partial charge in [-0.2, -0.15) is 11.3 Å². The molecule has 0 unspecified atom stereocenters. The predicted molar refractivity (Wildman–Crippen MR) is 70.4 cm³/mol. The number of thiophene rings is 2. The molecule has 0 atom stereocenters. The van der Waals surface area contributed by atoms with Gasteiger partial charge in [0, 0.05) is 6.54 Å². The average molecular weight is 338 g/mol. The van der Waals surface area contributed by atoms with Crippen LogP contribution in [0.1, 0.15) is 5.56 Å². The molecule has 0 aliphatic carbocycles. The number of rotatable bonds is 4. The molecule has 0 spiro atoms. The quantitative estimate of drug-likeness (QED) is 0.931. The normalized spacial score (nSPS) is 11.8. The maximum atomic E-state index is 11.8. The van der Waals surface area contributed by atoms with E-state index in [4.69, 9.17) is 0 Å². The molecule has 0 saturated heterocycles. The smallest absolute Gasteiger partial charge is 0.206 e. The van der Waals surface area contributed by atoms with Gasteiger partial charge in [-0.05, 0) is 50.5 Å². The lowest BCUT2D eigenvalue weighted by molar-refractivity contribution is 0.583. The number of nitrogens with one attached hydrogen (secondary N) is 1. The Hall–Kier alpha value is -0.210. The highest BCUT2D eigenvalue weighted by Crippen LogP contribution is 2.25. The Morgan fingerprint density at radius 3 is 2.69 bits per heavy atom. The lowest BCUT2D eigenvalue weighted by Gasteiger charge is -2.02. The van der Waals surface area contributed by atoms with Crippen molar-refractivity contribution in [2.75, 3.05) is 0 Å². The third kappa shape index (κ3) is 2.92. The lowest BCUT2D eigenvalue weighted by Crippen LogP contribution is -2.21. The summed E-state index contributed by atoms with van der Waals surface area (Å²) in [6.07, 6.45) is 0. The van der Waals surface area contributed by atoms with E-state index in [1.165, 1.54) is 11.3 Å². The van der Waals surface area contributed by atoms with Gasteiger partial charge in [0.1, 0.15) is 4.21 Å². The van der Waals surface area contributed by atoms with Gasteiger partial charge < -0.3 is 0 Å². The maximum Gasteiger partial charge on any atom is 0.250 e. The number of sulfonamides is 1. The first-order valence-electron chi connectivity index (χ1n) is 4.34. The minimum Gasteiger partial charge on any atom is -0.206 e. The first-order valence-corrected chi connectivity index (χ1v) is 8.37. The van der Waals surface area contributed by atoms with Crippen molar-refractivity contribution in [3.63, 3.8) is 0 Å². The van der Waals surface area contributed by atoms with E-state index < -0.39 is 10.0 Å². The Morgan fingerprint density at radius 1 is 1.31 bits per heavy atom. The summed E-state index contributed by atoms with van der Waals surface area (Å²) in [4.78, 5) is 0. The molecule has 2 aromatic heterocycles. The predicted octanol–water partition coefficient (Wildman–Crippen LogP) is 3.05. The molecule has 0 fully saturated rings. The summed E-state index contributed by atoms with van der Waals surface area (Å²) in [6, 6.07) is 5.21. The average Bonchev–Trinajstić information content (AvgIpc) is 2.85. The van der Waals surface area contributed by atoms with Crippen molar-refractivity contribution >= 4 is 48.6 Å². The van der Waals surface area contributed by atoms with E-state index in [1.807, 2.05) is 16.8 Å². The van der Waals surface area contributed by atoms with E-state index in [2.05, 4.69) is 20.7 Å². The summed E-state index contributed by atoms with van der Waals surface area (Å²) in [5, 5.41) is 3.85. The molecule has 2 heterocycles. The van der Waals surface area contributed by atoms with Crippen LogP contribution in [0.2, 0.25) is 0 Å². The molecule has 1 N–H and O–H groups in total. The third-order valence-electron chi connectivity index (χ3n) is 1.86. The van der Waals surface area contributed by atoms with Crippen LogP contribution in [0.15, 0.2) is 37.0 Å². The minimum absolute atomic E-state index is 0.328. The Morgan fingerprint density at radius 2 is 2.12 bits per heavy atom. The fraction of sp³-hybridized carbons (Fsp3) is 0.111. The van der Waals surface area contributed by atoms with Crippen molar-refractivity contribution < 1.29 is 8.42 Å². The minimum atomic E-state index is -3.37. The second-order valence-electron chi connectivity index (χ2n) is 3.01. The monoisotopic (exact) mass is 337 g/mol. The van der Waals surface area contributed by atoms with Crippen LogP contribution in [0.3, 0.4) is 0 Å². The Kier molecular flexibility index (Phi) is 3.81. The van der Waals surface area contributed by atoms with Gasteiger partial charge in [0.05, 0.1) is 3.79 Å². The van der Waals surface area contributed by atoms with Crippen molar-refractivity contribution in [3.8, 4) is 0 Å². The van der Waals surface area contributed by atoms with Gasteiger partial charge in [-0.25, -0.2) is 13.1 Å². The zero-order chi connectivity index (χ0) is 11.6. The highest BCUT2D eigenvalue weighted by atomic mass is 79.9.